The normalized spacial score (nSPS) is 11.2. The highest BCUT2D eigenvalue weighted by Gasteiger charge is 2.30. The average Bonchev–Trinajstić information content (AvgIpc) is 3.22. The Morgan fingerprint density at radius 1 is 0.935 bits per heavy atom. The molecule has 4 aromatic rings. The number of nitrogens with zero attached hydrogens (tertiary/aromatic N) is 4. The minimum absolute atomic E-state index is 0.196. The molecule has 4 rings (SSSR count). The summed E-state index contributed by atoms with van der Waals surface area (Å²) in [4.78, 5) is 10.9. The van der Waals surface area contributed by atoms with Crippen LogP contribution < -0.4 is 14.8 Å². The van der Waals surface area contributed by atoms with Crippen molar-refractivity contribution in [3.8, 4) is 28.9 Å². The van der Waals surface area contributed by atoms with E-state index < -0.39 is 11.7 Å². The lowest BCUT2D eigenvalue weighted by molar-refractivity contribution is -0.137. The molecule has 0 aliphatic carbocycles. The predicted molar refractivity (Wildman–Crippen MR) is 105 cm³/mol. The van der Waals surface area contributed by atoms with Crippen LogP contribution in [-0.4, -0.2) is 32.3 Å². The number of aromatic amines is 1. The molecule has 158 valence electrons. The SMILES string of the molecule is COc1cc(Oc2cccc(-c3nnc(Nc4cccc(C(F)(F)F)c4)[nH]3)c2)ncn1. The number of halogens is 3. The Hall–Kier alpha value is -4.15. The molecule has 0 amide bonds. The van der Waals surface area contributed by atoms with Gasteiger partial charge in [-0.1, -0.05) is 18.2 Å². The van der Waals surface area contributed by atoms with Gasteiger partial charge in [0.15, 0.2) is 5.82 Å². The smallest absolute Gasteiger partial charge is 0.416 e. The topological polar surface area (TPSA) is 97.8 Å². The molecule has 2 heterocycles. The molecule has 0 radical (unpaired) electrons. The summed E-state index contributed by atoms with van der Waals surface area (Å²) in [6, 6.07) is 13.3. The van der Waals surface area contributed by atoms with Gasteiger partial charge in [0.1, 0.15) is 12.1 Å². The van der Waals surface area contributed by atoms with E-state index in [1.807, 2.05) is 0 Å². The minimum atomic E-state index is -4.43. The molecule has 0 aliphatic heterocycles. The zero-order valence-corrected chi connectivity index (χ0v) is 16.0. The predicted octanol–water partition coefficient (Wildman–Crippen LogP) is 4.83. The van der Waals surface area contributed by atoms with Gasteiger partial charge in [-0.2, -0.15) is 13.2 Å². The number of rotatable bonds is 6. The molecule has 0 aliphatic rings. The molecule has 2 aromatic carbocycles. The maximum Gasteiger partial charge on any atom is 0.416 e. The van der Waals surface area contributed by atoms with Gasteiger partial charge in [-0.05, 0) is 30.3 Å². The van der Waals surface area contributed by atoms with E-state index >= 15 is 0 Å². The molecule has 2 aromatic heterocycles. The highest BCUT2D eigenvalue weighted by molar-refractivity contribution is 5.61. The zero-order chi connectivity index (χ0) is 21.8. The third kappa shape index (κ3) is 4.89. The van der Waals surface area contributed by atoms with E-state index in [1.54, 1.807) is 24.3 Å². The van der Waals surface area contributed by atoms with Crippen LogP contribution in [0.5, 0.6) is 17.5 Å². The van der Waals surface area contributed by atoms with Gasteiger partial charge in [0.2, 0.25) is 17.7 Å². The quantitative estimate of drug-likeness (QED) is 0.454. The Kier molecular flexibility index (Phi) is 5.39. The fraction of sp³-hybridized carbons (Fsp3) is 0.100. The number of ether oxygens (including phenoxy) is 2. The summed E-state index contributed by atoms with van der Waals surface area (Å²) < 4.78 is 49.4. The van der Waals surface area contributed by atoms with Crippen molar-refractivity contribution in [2.75, 3.05) is 12.4 Å². The molecule has 8 nitrogen and oxygen atoms in total. The van der Waals surface area contributed by atoms with E-state index in [9.17, 15) is 13.2 Å². The van der Waals surface area contributed by atoms with Crippen LogP contribution in [0.15, 0.2) is 60.9 Å². The first-order valence-electron chi connectivity index (χ1n) is 8.92. The van der Waals surface area contributed by atoms with E-state index in [2.05, 4.69) is 30.5 Å². The Labute approximate surface area is 174 Å². The lowest BCUT2D eigenvalue weighted by Crippen LogP contribution is -2.05. The lowest BCUT2D eigenvalue weighted by atomic mass is 10.2. The van der Waals surface area contributed by atoms with Gasteiger partial charge in [0.25, 0.3) is 0 Å². The Bertz CT molecular complexity index is 1200. The first-order chi connectivity index (χ1) is 14.9. The van der Waals surface area contributed by atoms with Crippen LogP contribution in [0.25, 0.3) is 11.4 Å². The van der Waals surface area contributed by atoms with Gasteiger partial charge in [-0.25, -0.2) is 9.97 Å². The second kappa shape index (κ2) is 8.30. The van der Waals surface area contributed by atoms with Gasteiger partial charge < -0.3 is 19.8 Å². The summed E-state index contributed by atoms with van der Waals surface area (Å²) in [6.07, 6.45) is -3.11. The molecule has 0 fully saturated rings. The van der Waals surface area contributed by atoms with Crippen molar-refractivity contribution in [1.29, 1.82) is 0 Å². The maximum atomic E-state index is 12.9. The maximum absolute atomic E-state index is 12.9. The first-order valence-corrected chi connectivity index (χ1v) is 8.92. The largest absolute Gasteiger partial charge is 0.481 e. The lowest BCUT2D eigenvalue weighted by Gasteiger charge is -2.08. The van der Waals surface area contributed by atoms with E-state index in [4.69, 9.17) is 9.47 Å². The molecular formula is C20H15F3N6O2. The highest BCUT2D eigenvalue weighted by Crippen LogP contribution is 2.31. The van der Waals surface area contributed by atoms with Gasteiger partial charge in [-0.3, -0.25) is 0 Å². The van der Waals surface area contributed by atoms with Crippen molar-refractivity contribution < 1.29 is 22.6 Å². The summed E-state index contributed by atoms with van der Waals surface area (Å²) in [7, 11) is 1.49. The molecule has 0 unspecified atom stereocenters. The number of alkyl halides is 3. The summed E-state index contributed by atoms with van der Waals surface area (Å²) in [5.41, 5.74) is 0.124. The molecule has 0 atom stereocenters. The second-order valence-corrected chi connectivity index (χ2v) is 6.25. The van der Waals surface area contributed by atoms with Crippen LogP contribution in [0, 0.1) is 0 Å². The fourth-order valence-electron chi connectivity index (χ4n) is 2.68. The molecule has 0 saturated carbocycles. The number of aromatic nitrogens is 5. The Morgan fingerprint density at radius 3 is 2.55 bits per heavy atom. The summed E-state index contributed by atoms with van der Waals surface area (Å²) in [5, 5.41) is 10.8. The number of hydrogen-bond donors (Lipinski definition) is 2. The Balaban J connectivity index is 1.51. The van der Waals surface area contributed by atoms with Crippen LogP contribution >= 0.6 is 0 Å². The summed E-state index contributed by atoms with van der Waals surface area (Å²) >= 11 is 0. The van der Waals surface area contributed by atoms with Crippen LogP contribution in [0.2, 0.25) is 0 Å². The molecular weight excluding hydrogens is 413 g/mol. The fourth-order valence-corrected chi connectivity index (χ4v) is 2.68. The van der Waals surface area contributed by atoms with Gasteiger partial charge >= 0.3 is 6.18 Å². The highest BCUT2D eigenvalue weighted by atomic mass is 19.4. The van der Waals surface area contributed by atoms with Crippen LogP contribution in [0.4, 0.5) is 24.8 Å². The number of benzene rings is 2. The van der Waals surface area contributed by atoms with Crippen LogP contribution in [-0.2, 0) is 6.18 Å². The number of H-pyrrole nitrogens is 1. The van der Waals surface area contributed by atoms with Crippen LogP contribution in [0.1, 0.15) is 5.56 Å². The standard InChI is InChI=1S/C20H15F3N6O2/c1-30-16-10-17(25-11-24-16)31-15-7-2-4-12(8-15)18-27-19(29-28-18)26-14-6-3-5-13(9-14)20(21,22)23/h2-11H,1H3,(H2,26,27,28,29). The zero-order valence-electron chi connectivity index (χ0n) is 16.0. The summed E-state index contributed by atoms with van der Waals surface area (Å²) in [5.74, 6) is 1.75. The monoisotopic (exact) mass is 428 g/mol. The molecule has 31 heavy (non-hydrogen) atoms. The Morgan fingerprint density at radius 2 is 1.74 bits per heavy atom. The average molecular weight is 428 g/mol. The molecule has 0 bridgehead atoms. The van der Waals surface area contributed by atoms with Crippen molar-refractivity contribution >= 4 is 11.6 Å². The van der Waals surface area contributed by atoms with Crippen molar-refractivity contribution in [2.24, 2.45) is 0 Å². The van der Waals surface area contributed by atoms with Crippen molar-refractivity contribution in [3.63, 3.8) is 0 Å². The second-order valence-electron chi connectivity index (χ2n) is 6.25. The number of nitrogens with one attached hydrogen (secondary N) is 2. The van der Waals surface area contributed by atoms with Gasteiger partial charge in [-0.15, -0.1) is 10.2 Å². The summed E-state index contributed by atoms with van der Waals surface area (Å²) in [6.45, 7) is 0. The van der Waals surface area contributed by atoms with Gasteiger partial charge in [0, 0.05) is 11.3 Å². The van der Waals surface area contributed by atoms with E-state index in [1.165, 1.54) is 31.6 Å². The third-order valence-electron chi connectivity index (χ3n) is 4.10. The van der Waals surface area contributed by atoms with Crippen molar-refractivity contribution in [2.45, 2.75) is 6.18 Å². The minimum Gasteiger partial charge on any atom is -0.481 e. The molecule has 11 heteroatoms. The van der Waals surface area contributed by atoms with E-state index in [0.29, 0.717) is 28.9 Å². The number of methoxy groups -OCH3 is 1. The first kappa shape index (κ1) is 20.1. The molecule has 0 spiro atoms. The number of hydrogen-bond acceptors (Lipinski definition) is 7. The molecule has 2 N–H and O–H groups in total. The molecule has 0 saturated heterocycles. The van der Waals surface area contributed by atoms with Crippen molar-refractivity contribution in [1.82, 2.24) is 25.1 Å². The number of anilines is 2. The van der Waals surface area contributed by atoms with Gasteiger partial charge in [0.05, 0.1) is 18.7 Å². The third-order valence-corrected chi connectivity index (χ3v) is 4.10. The van der Waals surface area contributed by atoms with E-state index in [-0.39, 0.29) is 11.6 Å². The van der Waals surface area contributed by atoms with E-state index in [0.717, 1.165) is 12.1 Å². The van der Waals surface area contributed by atoms with Crippen molar-refractivity contribution in [3.05, 3.63) is 66.5 Å². The van der Waals surface area contributed by atoms with Crippen LogP contribution in [0.3, 0.4) is 0 Å².